The van der Waals surface area contributed by atoms with Crippen LogP contribution in [0.2, 0.25) is 0 Å². The van der Waals surface area contributed by atoms with E-state index in [4.69, 9.17) is 16.3 Å². The molecule has 0 saturated carbocycles. The molecule has 0 aliphatic heterocycles. The summed E-state index contributed by atoms with van der Waals surface area (Å²) in [6.45, 7) is 5.27. The van der Waals surface area contributed by atoms with Gasteiger partial charge in [0, 0.05) is 0 Å². The molecular weight excluding hydrogens is 168 g/mol. The van der Waals surface area contributed by atoms with Crippen molar-refractivity contribution in [3.05, 3.63) is 0 Å². The van der Waals surface area contributed by atoms with Gasteiger partial charge in [0.15, 0.2) is 5.56 Å². The largest absolute Gasteiger partial charge is 0.510 e. The molecule has 0 amide bonds. The maximum Gasteiger partial charge on any atom is 0.510 e. The maximum absolute atomic E-state index is 10.7. The first-order valence-electron chi connectivity index (χ1n) is 3.57. The summed E-state index contributed by atoms with van der Waals surface area (Å²) in [5.74, 6) is 0. The smallest absolute Gasteiger partial charge is 0.431 e. The molecule has 0 spiro atoms. The molecule has 0 aliphatic carbocycles. The second-order valence-electron chi connectivity index (χ2n) is 2.25. The summed E-state index contributed by atoms with van der Waals surface area (Å²) in [5.41, 5.74) is -0.633. The van der Waals surface area contributed by atoms with Gasteiger partial charge in [0.25, 0.3) is 0 Å². The van der Waals surface area contributed by atoms with E-state index < -0.39 is 11.7 Å². The van der Waals surface area contributed by atoms with Crippen molar-refractivity contribution in [3.63, 3.8) is 0 Å². The third kappa shape index (κ3) is 5.98. The third-order valence-electron chi connectivity index (χ3n) is 1.13. The first-order chi connectivity index (χ1) is 5.06. The van der Waals surface area contributed by atoms with Gasteiger partial charge >= 0.3 is 6.16 Å². The van der Waals surface area contributed by atoms with Crippen molar-refractivity contribution in [3.8, 4) is 0 Å². The lowest BCUT2D eigenvalue weighted by Gasteiger charge is -2.11. The molecule has 0 fully saturated rings. The van der Waals surface area contributed by atoms with Crippen LogP contribution in [0, 0.1) is 0 Å². The average molecular weight is 181 g/mol. The van der Waals surface area contributed by atoms with E-state index in [0.29, 0.717) is 0 Å². The zero-order valence-corrected chi connectivity index (χ0v) is 7.72. The zero-order valence-electron chi connectivity index (χ0n) is 6.96. The van der Waals surface area contributed by atoms with Gasteiger partial charge in [-0.25, -0.2) is 4.79 Å². The Morgan fingerprint density at radius 1 is 1.45 bits per heavy atom. The maximum atomic E-state index is 10.7. The lowest BCUT2D eigenvalue weighted by atomic mass is 10.3. The Hall–Kier alpha value is -0.440. The number of carbonyl (C=O) groups excluding carboxylic acids is 1. The van der Waals surface area contributed by atoms with Crippen molar-refractivity contribution in [2.75, 3.05) is 0 Å². The Morgan fingerprint density at radius 2 is 2.00 bits per heavy atom. The van der Waals surface area contributed by atoms with Crippen LogP contribution in [-0.2, 0) is 9.47 Å². The van der Waals surface area contributed by atoms with Crippen LogP contribution in [0.3, 0.4) is 0 Å². The Labute approximate surface area is 71.6 Å². The van der Waals surface area contributed by atoms with E-state index in [2.05, 4.69) is 4.74 Å². The second kappa shape index (κ2) is 5.24. The van der Waals surface area contributed by atoms with E-state index >= 15 is 0 Å². The van der Waals surface area contributed by atoms with Crippen LogP contribution >= 0.6 is 11.6 Å². The summed E-state index contributed by atoms with van der Waals surface area (Å²) >= 11 is 5.38. The lowest BCUT2D eigenvalue weighted by Crippen LogP contribution is -2.17. The molecule has 2 atom stereocenters. The molecule has 0 aromatic heterocycles. The van der Waals surface area contributed by atoms with Gasteiger partial charge in [-0.15, -0.1) is 0 Å². The van der Waals surface area contributed by atoms with Gasteiger partial charge in [-0.05, 0) is 20.3 Å². The molecule has 4 heteroatoms. The van der Waals surface area contributed by atoms with Crippen LogP contribution in [0.1, 0.15) is 27.2 Å². The van der Waals surface area contributed by atoms with Gasteiger partial charge in [0.05, 0.1) is 0 Å². The van der Waals surface area contributed by atoms with Gasteiger partial charge in [-0.3, -0.25) is 0 Å². The van der Waals surface area contributed by atoms with Crippen LogP contribution in [0.4, 0.5) is 4.79 Å². The molecule has 2 unspecified atom stereocenters. The van der Waals surface area contributed by atoms with E-state index in [-0.39, 0.29) is 6.10 Å². The molecule has 0 rings (SSSR count). The summed E-state index contributed by atoms with van der Waals surface area (Å²) in [5, 5.41) is 0. The molecule has 0 N–H and O–H groups in total. The topological polar surface area (TPSA) is 35.5 Å². The Balaban J connectivity index is 3.52. The number of hydrogen-bond acceptors (Lipinski definition) is 3. The molecule has 0 heterocycles. The number of ether oxygens (including phenoxy) is 2. The summed E-state index contributed by atoms with van der Waals surface area (Å²) in [7, 11) is 0. The Bertz CT molecular complexity index is 125. The van der Waals surface area contributed by atoms with Crippen molar-refractivity contribution < 1.29 is 14.3 Å². The van der Waals surface area contributed by atoms with E-state index in [9.17, 15) is 4.79 Å². The van der Waals surface area contributed by atoms with Crippen molar-refractivity contribution in [2.24, 2.45) is 0 Å². The fourth-order valence-electron chi connectivity index (χ4n) is 0.408. The zero-order chi connectivity index (χ0) is 8.85. The Kier molecular flexibility index (Phi) is 5.03. The van der Waals surface area contributed by atoms with Crippen molar-refractivity contribution in [2.45, 2.75) is 38.9 Å². The number of carbonyl (C=O) groups is 1. The van der Waals surface area contributed by atoms with Gasteiger partial charge < -0.3 is 9.47 Å². The van der Waals surface area contributed by atoms with Crippen LogP contribution in [0.5, 0.6) is 0 Å². The molecule has 0 saturated heterocycles. The molecule has 0 aliphatic rings. The second-order valence-corrected chi connectivity index (χ2v) is 2.86. The SMILES string of the molecule is CCC(C)OC(=O)OC(C)Cl. The van der Waals surface area contributed by atoms with Gasteiger partial charge in [0.1, 0.15) is 6.10 Å². The normalized spacial score (nSPS) is 15.3. The van der Waals surface area contributed by atoms with Gasteiger partial charge in [-0.1, -0.05) is 18.5 Å². The molecule has 0 aromatic carbocycles. The molecule has 11 heavy (non-hydrogen) atoms. The number of rotatable bonds is 3. The minimum Gasteiger partial charge on any atom is -0.431 e. The van der Waals surface area contributed by atoms with E-state index in [0.717, 1.165) is 6.42 Å². The van der Waals surface area contributed by atoms with Crippen molar-refractivity contribution >= 4 is 17.8 Å². The first kappa shape index (κ1) is 10.6. The molecule has 66 valence electrons. The van der Waals surface area contributed by atoms with Crippen LogP contribution in [-0.4, -0.2) is 17.8 Å². The van der Waals surface area contributed by atoms with Crippen molar-refractivity contribution in [1.29, 1.82) is 0 Å². The van der Waals surface area contributed by atoms with Crippen LogP contribution in [0.25, 0.3) is 0 Å². The third-order valence-corrected chi connectivity index (χ3v) is 1.22. The monoisotopic (exact) mass is 180 g/mol. The number of halogens is 1. The highest BCUT2D eigenvalue weighted by Crippen LogP contribution is 2.02. The van der Waals surface area contributed by atoms with Gasteiger partial charge in [0.2, 0.25) is 0 Å². The van der Waals surface area contributed by atoms with Crippen LogP contribution < -0.4 is 0 Å². The minimum atomic E-state index is -0.707. The highest BCUT2D eigenvalue weighted by Gasteiger charge is 2.10. The summed E-state index contributed by atoms with van der Waals surface area (Å²) in [4.78, 5) is 10.7. The van der Waals surface area contributed by atoms with E-state index in [1.54, 1.807) is 13.8 Å². The Morgan fingerprint density at radius 3 is 2.36 bits per heavy atom. The van der Waals surface area contributed by atoms with Gasteiger partial charge in [-0.2, -0.15) is 0 Å². The quantitative estimate of drug-likeness (QED) is 0.495. The predicted molar refractivity (Wildman–Crippen MR) is 42.6 cm³/mol. The summed E-state index contributed by atoms with van der Waals surface area (Å²) in [6, 6.07) is 0. The standard InChI is InChI=1S/C7H13ClO3/c1-4-5(2)10-7(9)11-6(3)8/h5-6H,4H2,1-3H3. The van der Waals surface area contributed by atoms with E-state index in [1.165, 1.54) is 0 Å². The molecule has 0 bridgehead atoms. The van der Waals surface area contributed by atoms with Crippen molar-refractivity contribution in [1.82, 2.24) is 0 Å². The summed E-state index contributed by atoms with van der Waals surface area (Å²) < 4.78 is 9.29. The number of alkyl halides is 1. The molecular formula is C7H13ClO3. The summed E-state index contributed by atoms with van der Waals surface area (Å²) in [6.07, 6.45) is -0.0501. The minimum absolute atomic E-state index is 0.113. The molecule has 0 aromatic rings. The highest BCUT2D eigenvalue weighted by molar-refractivity contribution is 6.19. The van der Waals surface area contributed by atoms with E-state index in [1.807, 2.05) is 6.92 Å². The average Bonchev–Trinajstić information content (AvgIpc) is 1.85. The first-order valence-corrected chi connectivity index (χ1v) is 4.01. The predicted octanol–water partition coefficient (Wildman–Crippen LogP) is 2.52. The highest BCUT2D eigenvalue weighted by atomic mass is 35.5. The molecule has 0 radical (unpaired) electrons. The lowest BCUT2D eigenvalue weighted by molar-refractivity contribution is 0.0235. The van der Waals surface area contributed by atoms with Crippen LogP contribution in [0.15, 0.2) is 0 Å². The fraction of sp³-hybridized carbons (Fsp3) is 0.857. The fourth-order valence-corrected chi connectivity index (χ4v) is 0.481. The number of hydrogen-bond donors (Lipinski definition) is 0. The molecule has 3 nitrogen and oxygen atoms in total.